The Hall–Kier alpha value is -2.39. The second-order valence-electron chi connectivity index (χ2n) is 7.21. The van der Waals surface area contributed by atoms with Crippen LogP contribution in [0.3, 0.4) is 0 Å². The van der Waals surface area contributed by atoms with E-state index < -0.39 is 0 Å². The Bertz CT molecular complexity index is 763. The van der Waals surface area contributed by atoms with Crippen LogP contribution in [0.5, 0.6) is 0 Å². The summed E-state index contributed by atoms with van der Waals surface area (Å²) < 4.78 is 0. The minimum atomic E-state index is 0.120. The molecule has 2 aliphatic heterocycles. The van der Waals surface area contributed by atoms with Crippen LogP contribution in [0.1, 0.15) is 36.4 Å². The van der Waals surface area contributed by atoms with Crippen molar-refractivity contribution >= 4 is 11.5 Å². The number of hydrogen-bond donors (Lipinski definition) is 0. The third kappa shape index (κ3) is 3.58. The highest BCUT2D eigenvalue weighted by molar-refractivity contribution is 6.20. The number of rotatable bonds is 5. The second-order valence-corrected chi connectivity index (χ2v) is 7.21. The molecular weight excluding hydrogens is 320 g/mol. The molecule has 0 radical (unpaired) electrons. The number of nitrogens with zero attached hydrogens (tertiary/aromatic N) is 2. The van der Waals surface area contributed by atoms with E-state index in [0.29, 0.717) is 0 Å². The molecule has 1 amide bonds. The highest BCUT2D eigenvalue weighted by Gasteiger charge is 2.31. The van der Waals surface area contributed by atoms with Gasteiger partial charge in [-0.2, -0.15) is 0 Å². The molecule has 2 heterocycles. The van der Waals surface area contributed by atoms with Crippen LogP contribution in [0.2, 0.25) is 0 Å². The summed E-state index contributed by atoms with van der Waals surface area (Å²) in [5.74, 6) is 0.162. The molecule has 0 spiro atoms. The van der Waals surface area contributed by atoms with Gasteiger partial charge >= 0.3 is 0 Å². The highest BCUT2D eigenvalue weighted by Crippen LogP contribution is 2.31. The molecule has 0 aliphatic carbocycles. The normalized spacial score (nSPS) is 19.5. The zero-order chi connectivity index (χ0) is 17.8. The number of hydrogen-bond acceptors (Lipinski definition) is 2. The Labute approximate surface area is 155 Å². The molecule has 0 saturated carbocycles. The molecule has 1 fully saturated rings. The predicted molar refractivity (Wildman–Crippen MR) is 106 cm³/mol. The maximum absolute atomic E-state index is 13.4. The van der Waals surface area contributed by atoms with Gasteiger partial charge in [0.2, 0.25) is 0 Å². The molecule has 0 N–H and O–H groups in total. The summed E-state index contributed by atoms with van der Waals surface area (Å²) in [7, 11) is 0. The van der Waals surface area contributed by atoms with E-state index in [1.165, 1.54) is 18.4 Å². The molecule has 134 valence electrons. The molecule has 1 unspecified atom stereocenters. The monoisotopic (exact) mass is 346 g/mol. The molecule has 1 atom stereocenters. The van der Waals surface area contributed by atoms with Crippen molar-refractivity contribution in [2.45, 2.75) is 25.3 Å². The number of carbonyl (C=O) groups excluding carboxylic acids is 1. The topological polar surface area (TPSA) is 23.6 Å². The van der Waals surface area contributed by atoms with Crippen LogP contribution in [-0.2, 0) is 4.79 Å². The quantitative estimate of drug-likeness (QED) is 0.812. The van der Waals surface area contributed by atoms with Crippen molar-refractivity contribution in [3.63, 3.8) is 0 Å². The van der Waals surface area contributed by atoms with Crippen molar-refractivity contribution in [1.29, 1.82) is 0 Å². The molecule has 1 saturated heterocycles. The zero-order valence-electron chi connectivity index (χ0n) is 15.2. The van der Waals surface area contributed by atoms with Crippen molar-refractivity contribution in [1.82, 2.24) is 9.80 Å². The molecule has 2 aromatic carbocycles. The SMILES string of the molecule is O=C1C(c2ccccc2)=CCCN1C(CN1CCCC1)c1ccccc1. The Morgan fingerprint density at radius 2 is 1.50 bits per heavy atom. The summed E-state index contributed by atoms with van der Waals surface area (Å²) in [6, 6.07) is 20.7. The predicted octanol–water partition coefficient (Wildman–Crippen LogP) is 4.14. The number of likely N-dealkylation sites (tertiary alicyclic amines) is 1. The number of carbonyl (C=O) groups is 1. The lowest BCUT2D eigenvalue weighted by molar-refractivity contribution is -0.128. The second kappa shape index (κ2) is 7.88. The minimum Gasteiger partial charge on any atom is -0.330 e. The summed E-state index contributed by atoms with van der Waals surface area (Å²) in [5.41, 5.74) is 3.11. The van der Waals surface area contributed by atoms with Crippen molar-refractivity contribution in [3.8, 4) is 0 Å². The maximum atomic E-state index is 13.4. The first-order valence-electron chi connectivity index (χ1n) is 9.67. The van der Waals surface area contributed by atoms with Gasteiger partial charge in [0.25, 0.3) is 5.91 Å². The van der Waals surface area contributed by atoms with Crippen LogP contribution in [0.15, 0.2) is 66.7 Å². The Morgan fingerprint density at radius 3 is 2.19 bits per heavy atom. The van der Waals surface area contributed by atoms with Gasteiger partial charge < -0.3 is 9.80 Å². The third-order valence-corrected chi connectivity index (χ3v) is 5.48. The van der Waals surface area contributed by atoms with Gasteiger partial charge in [0.05, 0.1) is 6.04 Å². The van der Waals surface area contributed by atoms with Crippen molar-refractivity contribution < 1.29 is 4.79 Å². The Balaban J connectivity index is 1.62. The number of amides is 1. The van der Waals surface area contributed by atoms with Crippen LogP contribution in [0.25, 0.3) is 5.57 Å². The van der Waals surface area contributed by atoms with Gasteiger partial charge in [-0.05, 0) is 43.5 Å². The van der Waals surface area contributed by atoms with Gasteiger partial charge in [0.1, 0.15) is 0 Å². The van der Waals surface area contributed by atoms with E-state index in [2.05, 4.69) is 40.1 Å². The van der Waals surface area contributed by atoms with Gasteiger partial charge in [-0.25, -0.2) is 0 Å². The van der Waals surface area contributed by atoms with Gasteiger partial charge in [0.15, 0.2) is 0 Å². The first-order valence-corrected chi connectivity index (χ1v) is 9.67. The Kier molecular flexibility index (Phi) is 5.16. The van der Waals surface area contributed by atoms with E-state index in [0.717, 1.165) is 43.7 Å². The molecule has 2 aromatic rings. The van der Waals surface area contributed by atoms with Crippen LogP contribution < -0.4 is 0 Å². The zero-order valence-corrected chi connectivity index (χ0v) is 15.2. The van der Waals surface area contributed by atoms with Crippen LogP contribution >= 0.6 is 0 Å². The first-order chi connectivity index (χ1) is 12.8. The lowest BCUT2D eigenvalue weighted by Crippen LogP contribution is -2.43. The van der Waals surface area contributed by atoms with Crippen molar-refractivity contribution in [3.05, 3.63) is 77.9 Å². The minimum absolute atomic E-state index is 0.120. The summed E-state index contributed by atoms with van der Waals surface area (Å²) in [6.07, 6.45) is 5.56. The molecule has 26 heavy (non-hydrogen) atoms. The number of benzene rings is 2. The first kappa shape index (κ1) is 17.0. The molecule has 3 heteroatoms. The van der Waals surface area contributed by atoms with E-state index in [1.54, 1.807) is 0 Å². The van der Waals surface area contributed by atoms with Gasteiger partial charge in [-0.3, -0.25) is 4.79 Å². The fourth-order valence-electron chi connectivity index (χ4n) is 4.12. The smallest absolute Gasteiger partial charge is 0.254 e. The van der Waals surface area contributed by atoms with E-state index in [1.807, 2.05) is 36.4 Å². The average molecular weight is 346 g/mol. The van der Waals surface area contributed by atoms with E-state index in [9.17, 15) is 4.79 Å². The molecule has 4 rings (SSSR count). The van der Waals surface area contributed by atoms with Crippen LogP contribution in [0.4, 0.5) is 0 Å². The molecule has 2 aliphatic rings. The van der Waals surface area contributed by atoms with E-state index >= 15 is 0 Å². The molecular formula is C23H26N2O. The maximum Gasteiger partial charge on any atom is 0.254 e. The third-order valence-electron chi connectivity index (χ3n) is 5.48. The summed E-state index contributed by atoms with van der Waals surface area (Å²) >= 11 is 0. The lowest BCUT2D eigenvalue weighted by atomic mass is 9.96. The molecule has 3 nitrogen and oxygen atoms in total. The molecule has 0 aromatic heterocycles. The summed E-state index contributed by atoms with van der Waals surface area (Å²) in [6.45, 7) is 4.01. The largest absolute Gasteiger partial charge is 0.330 e. The van der Waals surface area contributed by atoms with Gasteiger partial charge in [0, 0.05) is 18.7 Å². The van der Waals surface area contributed by atoms with E-state index in [-0.39, 0.29) is 11.9 Å². The fourth-order valence-corrected chi connectivity index (χ4v) is 4.12. The summed E-state index contributed by atoms with van der Waals surface area (Å²) in [5, 5.41) is 0. The van der Waals surface area contributed by atoms with Gasteiger partial charge in [-0.15, -0.1) is 0 Å². The van der Waals surface area contributed by atoms with Gasteiger partial charge in [-0.1, -0.05) is 66.7 Å². The van der Waals surface area contributed by atoms with E-state index in [4.69, 9.17) is 0 Å². The van der Waals surface area contributed by atoms with Crippen molar-refractivity contribution in [2.24, 2.45) is 0 Å². The lowest BCUT2D eigenvalue weighted by Gasteiger charge is -2.37. The average Bonchev–Trinajstić information content (AvgIpc) is 3.21. The fraction of sp³-hybridized carbons (Fsp3) is 0.348. The van der Waals surface area contributed by atoms with Crippen LogP contribution in [-0.4, -0.2) is 41.9 Å². The molecule has 0 bridgehead atoms. The highest BCUT2D eigenvalue weighted by atomic mass is 16.2. The van der Waals surface area contributed by atoms with Crippen LogP contribution in [0, 0.1) is 0 Å². The Morgan fingerprint density at radius 1 is 0.846 bits per heavy atom. The standard InChI is InChI=1S/C23H26N2O/c26-23-21(19-10-3-1-4-11-19)14-9-17-25(23)22(18-24-15-7-8-16-24)20-12-5-2-6-13-20/h1-6,10-14,22H,7-9,15-18H2. The van der Waals surface area contributed by atoms with Crippen molar-refractivity contribution in [2.75, 3.05) is 26.2 Å². The summed E-state index contributed by atoms with van der Waals surface area (Å²) in [4.78, 5) is 18.0.